The Morgan fingerprint density at radius 3 is 2.52 bits per heavy atom. The maximum atomic E-state index is 11.4. The number of carboxylic acid groups (broad SMARTS) is 1. The minimum atomic E-state index is -1.14. The Hall–Kier alpha value is -2.53. The van der Waals surface area contributed by atoms with Gasteiger partial charge >= 0.3 is 5.97 Å². The lowest BCUT2D eigenvalue weighted by Gasteiger charge is -2.33. The van der Waals surface area contributed by atoms with E-state index in [-0.39, 0.29) is 17.3 Å². The molecule has 124 valence electrons. The van der Waals surface area contributed by atoms with Gasteiger partial charge in [0.25, 0.3) is 0 Å². The van der Waals surface area contributed by atoms with E-state index in [0.717, 1.165) is 32.7 Å². The third kappa shape index (κ3) is 3.00. The Kier molecular flexibility index (Phi) is 4.21. The number of carbonyl (C=O) groups is 1. The highest BCUT2D eigenvalue weighted by Gasteiger charge is 2.26. The SMILES string of the molecule is CCN1CCN(Cc2c(C(=O)O)nnn2-c2nonc2N)CC1. The van der Waals surface area contributed by atoms with Crippen molar-refractivity contribution < 1.29 is 14.5 Å². The number of aromatic nitrogens is 5. The molecule has 11 nitrogen and oxygen atoms in total. The van der Waals surface area contributed by atoms with Crippen LogP contribution in [0.2, 0.25) is 0 Å². The van der Waals surface area contributed by atoms with Gasteiger partial charge in [-0.15, -0.1) is 5.10 Å². The zero-order valence-electron chi connectivity index (χ0n) is 12.7. The number of hydrogen-bond acceptors (Lipinski definition) is 9. The predicted molar refractivity (Wildman–Crippen MR) is 78.0 cm³/mol. The van der Waals surface area contributed by atoms with Crippen LogP contribution < -0.4 is 5.73 Å². The van der Waals surface area contributed by atoms with Gasteiger partial charge in [0, 0.05) is 32.7 Å². The van der Waals surface area contributed by atoms with Crippen LogP contribution in [0, 0.1) is 0 Å². The second-order valence-electron chi connectivity index (χ2n) is 5.29. The highest BCUT2D eigenvalue weighted by Crippen LogP contribution is 2.18. The molecule has 1 aliphatic rings. The number of aromatic carboxylic acids is 1. The zero-order chi connectivity index (χ0) is 16.4. The van der Waals surface area contributed by atoms with Crippen molar-refractivity contribution in [1.82, 2.24) is 35.1 Å². The molecule has 1 aliphatic heterocycles. The van der Waals surface area contributed by atoms with Crippen molar-refractivity contribution in [3.63, 3.8) is 0 Å². The fourth-order valence-electron chi connectivity index (χ4n) is 2.59. The molecule has 0 saturated carbocycles. The normalized spacial score (nSPS) is 16.7. The van der Waals surface area contributed by atoms with Crippen molar-refractivity contribution in [2.45, 2.75) is 13.5 Å². The zero-order valence-corrected chi connectivity index (χ0v) is 12.7. The summed E-state index contributed by atoms with van der Waals surface area (Å²) < 4.78 is 5.84. The molecule has 1 fully saturated rings. The topological polar surface area (TPSA) is 139 Å². The molecule has 0 atom stereocenters. The van der Waals surface area contributed by atoms with Gasteiger partial charge in [0.05, 0.1) is 5.69 Å². The molecule has 3 N–H and O–H groups in total. The summed E-state index contributed by atoms with van der Waals surface area (Å²) in [4.78, 5) is 15.9. The Balaban J connectivity index is 1.87. The second kappa shape index (κ2) is 6.30. The van der Waals surface area contributed by atoms with Crippen LogP contribution in [0.3, 0.4) is 0 Å². The summed E-state index contributed by atoms with van der Waals surface area (Å²) in [6, 6.07) is 0. The van der Waals surface area contributed by atoms with Gasteiger partial charge in [-0.25, -0.2) is 9.42 Å². The molecule has 0 bridgehead atoms. The standard InChI is InChI=1S/C12H18N8O3/c1-2-18-3-5-19(6-4-18)7-8-9(12(21)22)14-17-20(8)11-10(13)15-23-16-11/h2-7H2,1H3,(H2,13,15)(H,21,22). The number of nitrogens with two attached hydrogens (primary N) is 1. The van der Waals surface area contributed by atoms with Crippen LogP contribution in [0.25, 0.3) is 5.82 Å². The number of carboxylic acids is 1. The monoisotopic (exact) mass is 322 g/mol. The van der Waals surface area contributed by atoms with Gasteiger partial charge in [-0.1, -0.05) is 12.1 Å². The molecule has 0 spiro atoms. The number of nitrogens with zero attached hydrogens (tertiary/aromatic N) is 7. The Labute approximate surface area is 131 Å². The number of nitrogen functional groups attached to an aromatic ring is 1. The molecular weight excluding hydrogens is 304 g/mol. The minimum absolute atomic E-state index is 0.0314. The summed E-state index contributed by atoms with van der Waals surface area (Å²) in [7, 11) is 0. The summed E-state index contributed by atoms with van der Waals surface area (Å²) in [6.45, 7) is 7.07. The van der Waals surface area contributed by atoms with Crippen LogP contribution in [-0.4, -0.2) is 78.9 Å². The lowest BCUT2D eigenvalue weighted by molar-refractivity contribution is 0.0686. The van der Waals surface area contributed by atoms with E-state index in [9.17, 15) is 9.90 Å². The van der Waals surface area contributed by atoms with Crippen molar-refractivity contribution in [3.8, 4) is 5.82 Å². The highest BCUT2D eigenvalue weighted by atomic mass is 16.6. The molecule has 3 rings (SSSR count). The van der Waals surface area contributed by atoms with Gasteiger partial charge in [0.15, 0.2) is 5.69 Å². The van der Waals surface area contributed by atoms with E-state index in [1.165, 1.54) is 4.68 Å². The summed E-state index contributed by atoms with van der Waals surface area (Å²) in [5.41, 5.74) is 5.96. The van der Waals surface area contributed by atoms with Crippen molar-refractivity contribution in [3.05, 3.63) is 11.4 Å². The van der Waals surface area contributed by atoms with Gasteiger partial charge < -0.3 is 15.7 Å². The number of likely N-dealkylation sites (N-methyl/N-ethyl adjacent to an activating group) is 1. The van der Waals surface area contributed by atoms with Gasteiger partial charge in [-0.05, 0) is 16.9 Å². The Bertz CT molecular complexity index is 688. The van der Waals surface area contributed by atoms with Crippen LogP contribution in [-0.2, 0) is 6.54 Å². The van der Waals surface area contributed by atoms with Gasteiger partial charge in [0.2, 0.25) is 11.6 Å². The first-order valence-electron chi connectivity index (χ1n) is 7.31. The Morgan fingerprint density at radius 2 is 1.96 bits per heavy atom. The number of anilines is 1. The van der Waals surface area contributed by atoms with Crippen LogP contribution >= 0.6 is 0 Å². The first-order valence-corrected chi connectivity index (χ1v) is 7.31. The average Bonchev–Trinajstić information content (AvgIpc) is 3.14. The molecule has 0 aliphatic carbocycles. The molecule has 1 saturated heterocycles. The van der Waals surface area contributed by atoms with Crippen molar-refractivity contribution in [1.29, 1.82) is 0 Å². The number of rotatable bonds is 5. The molecule has 11 heteroatoms. The molecule has 23 heavy (non-hydrogen) atoms. The predicted octanol–water partition coefficient (Wildman–Crippen LogP) is -0.932. The van der Waals surface area contributed by atoms with E-state index in [2.05, 4.69) is 42.0 Å². The van der Waals surface area contributed by atoms with Crippen molar-refractivity contribution >= 4 is 11.8 Å². The third-order valence-electron chi connectivity index (χ3n) is 3.95. The average molecular weight is 322 g/mol. The minimum Gasteiger partial charge on any atom is -0.476 e. The first kappa shape index (κ1) is 15.4. The van der Waals surface area contributed by atoms with Crippen LogP contribution in [0.5, 0.6) is 0 Å². The third-order valence-corrected chi connectivity index (χ3v) is 3.95. The summed E-state index contributed by atoms with van der Waals surface area (Å²) in [5.74, 6) is -0.968. The van der Waals surface area contributed by atoms with Crippen molar-refractivity contribution in [2.75, 3.05) is 38.5 Å². The van der Waals surface area contributed by atoms with Gasteiger partial charge in [-0.2, -0.15) is 4.68 Å². The van der Waals surface area contributed by atoms with E-state index in [4.69, 9.17) is 5.73 Å². The molecule has 0 amide bonds. The fourth-order valence-corrected chi connectivity index (χ4v) is 2.59. The fraction of sp³-hybridized carbons (Fsp3) is 0.583. The quantitative estimate of drug-likeness (QED) is 0.709. The molecule has 0 aromatic carbocycles. The number of piperazine rings is 1. The van der Waals surface area contributed by atoms with Crippen LogP contribution in [0.4, 0.5) is 5.82 Å². The molecule has 0 radical (unpaired) electrons. The summed E-state index contributed by atoms with van der Waals surface area (Å²) in [5, 5.41) is 24.0. The molecule has 2 aromatic rings. The Morgan fingerprint density at radius 1 is 1.26 bits per heavy atom. The van der Waals surface area contributed by atoms with E-state index >= 15 is 0 Å². The summed E-state index contributed by atoms with van der Waals surface area (Å²) in [6.07, 6.45) is 0. The summed E-state index contributed by atoms with van der Waals surface area (Å²) >= 11 is 0. The van der Waals surface area contributed by atoms with Crippen LogP contribution in [0.1, 0.15) is 23.1 Å². The molecule has 3 heterocycles. The second-order valence-corrected chi connectivity index (χ2v) is 5.29. The molecule has 0 unspecified atom stereocenters. The first-order chi connectivity index (χ1) is 11.1. The number of hydrogen-bond donors (Lipinski definition) is 2. The molecular formula is C12H18N8O3. The van der Waals surface area contributed by atoms with E-state index in [1.807, 2.05) is 0 Å². The molecule has 2 aromatic heterocycles. The smallest absolute Gasteiger partial charge is 0.358 e. The van der Waals surface area contributed by atoms with Crippen LogP contribution in [0.15, 0.2) is 4.63 Å². The maximum Gasteiger partial charge on any atom is 0.358 e. The van der Waals surface area contributed by atoms with Crippen molar-refractivity contribution in [2.24, 2.45) is 0 Å². The van der Waals surface area contributed by atoms with E-state index in [1.54, 1.807) is 0 Å². The van der Waals surface area contributed by atoms with Gasteiger partial charge in [-0.3, -0.25) is 4.90 Å². The lowest BCUT2D eigenvalue weighted by Crippen LogP contribution is -2.46. The largest absolute Gasteiger partial charge is 0.476 e. The van der Waals surface area contributed by atoms with E-state index in [0.29, 0.717) is 12.2 Å². The van der Waals surface area contributed by atoms with Gasteiger partial charge in [0.1, 0.15) is 0 Å². The lowest BCUT2D eigenvalue weighted by atomic mass is 10.2. The highest BCUT2D eigenvalue weighted by molar-refractivity contribution is 5.86. The van der Waals surface area contributed by atoms with E-state index < -0.39 is 5.97 Å². The maximum absolute atomic E-state index is 11.4.